The molecule has 1 N–H and O–H groups in total. The van der Waals surface area contributed by atoms with Crippen LogP contribution in [0.15, 0.2) is 6.07 Å². The molecular formula is C9H14N2O2. The number of carbonyl (C=O) groups is 1. The molecule has 1 heterocycles. The van der Waals surface area contributed by atoms with Crippen LogP contribution >= 0.6 is 0 Å². The Morgan fingerprint density at radius 3 is 2.77 bits per heavy atom. The third-order valence-electron chi connectivity index (χ3n) is 1.88. The third-order valence-corrected chi connectivity index (χ3v) is 1.88. The summed E-state index contributed by atoms with van der Waals surface area (Å²) in [6.45, 7) is 4.83. The van der Waals surface area contributed by atoms with Gasteiger partial charge in [0.25, 0.3) is 0 Å². The zero-order valence-corrected chi connectivity index (χ0v) is 7.95. The molecule has 72 valence electrons. The summed E-state index contributed by atoms with van der Waals surface area (Å²) in [5.74, 6) is -0.954. The van der Waals surface area contributed by atoms with Crippen LogP contribution in [0.4, 0.5) is 0 Å². The maximum Gasteiger partial charge on any atom is 0.356 e. The van der Waals surface area contributed by atoms with Crippen molar-refractivity contribution in [2.75, 3.05) is 0 Å². The highest BCUT2D eigenvalue weighted by atomic mass is 16.4. The average molecular weight is 182 g/mol. The Labute approximate surface area is 77.2 Å². The van der Waals surface area contributed by atoms with Crippen LogP contribution in [-0.2, 0) is 13.0 Å². The number of nitrogens with zero attached hydrogens (tertiary/aromatic N) is 2. The standard InChI is InChI=1S/C9H14N2O2/c1-3-5-11-7(4-2)6-8(10-11)9(12)13/h6H,3-5H2,1-2H3,(H,12,13). The smallest absolute Gasteiger partial charge is 0.356 e. The Bertz CT molecular complexity index is 305. The Morgan fingerprint density at radius 2 is 2.31 bits per heavy atom. The van der Waals surface area contributed by atoms with Crippen LogP contribution in [0.25, 0.3) is 0 Å². The highest BCUT2D eigenvalue weighted by Gasteiger charge is 2.10. The predicted octanol–water partition coefficient (Wildman–Crippen LogP) is 1.55. The van der Waals surface area contributed by atoms with Crippen molar-refractivity contribution in [3.63, 3.8) is 0 Å². The molecule has 0 bridgehead atoms. The van der Waals surface area contributed by atoms with E-state index in [2.05, 4.69) is 5.10 Å². The summed E-state index contributed by atoms with van der Waals surface area (Å²) in [7, 11) is 0. The fourth-order valence-corrected chi connectivity index (χ4v) is 1.25. The quantitative estimate of drug-likeness (QED) is 0.768. The van der Waals surface area contributed by atoms with Gasteiger partial charge in [0.05, 0.1) is 0 Å². The summed E-state index contributed by atoms with van der Waals surface area (Å²) < 4.78 is 1.77. The molecule has 0 radical (unpaired) electrons. The number of hydrogen-bond acceptors (Lipinski definition) is 2. The van der Waals surface area contributed by atoms with E-state index in [1.165, 1.54) is 0 Å². The fraction of sp³-hybridized carbons (Fsp3) is 0.556. The molecule has 0 unspecified atom stereocenters. The lowest BCUT2D eigenvalue weighted by atomic mass is 10.3. The van der Waals surface area contributed by atoms with Gasteiger partial charge in [0, 0.05) is 12.2 Å². The molecule has 0 aromatic carbocycles. The van der Waals surface area contributed by atoms with E-state index in [4.69, 9.17) is 5.11 Å². The molecule has 0 aliphatic rings. The monoisotopic (exact) mass is 182 g/mol. The lowest BCUT2D eigenvalue weighted by Crippen LogP contribution is -2.05. The van der Waals surface area contributed by atoms with Gasteiger partial charge in [-0.3, -0.25) is 4.68 Å². The molecule has 0 atom stereocenters. The van der Waals surface area contributed by atoms with E-state index in [0.717, 1.165) is 25.1 Å². The zero-order valence-electron chi connectivity index (χ0n) is 7.95. The summed E-state index contributed by atoms with van der Waals surface area (Å²) >= 11 is 0. The normalized spacial score (nSPS) is 10.3. The summed E-state index contributed by atoms with van der Waals surface area (Å²) in [6.07, 6.45) is 1.79. The number of aryl methyl sites for hydroxylation is 2. The van der Waals surface area contributed by atoms with Crippen LogP contribution in [0.2, 0.25) is 0 Å². The average Bonchev–Trinajstić information content (AvgIpc) is 2.48. The van der Waals surface area contributed by atoms with E-state index in [-0.39, 0.29) is 5.69 Å². The van der Waals surface area contributed by atoms with Crippen molar-refractivity contribution in [3.8, 4) is 0 Å². The number of rotatable bonds is 4. The fourth-order valence-electron chi connectivity index (χ4n) is 1.25. The summed E-state index contributed by atoms with van der Waals surface area (Å²) in [5, 5.41) is 12.7. The Hall–Kier alpha value is -1.32. The van der Waals surface area contributed by atoms with Crippen LogP contribution < -0.4 is 0 Å². The van der Waals surface area contributed by atoms with Gasteiger partial charge in [0.2, 0.25) is 0 Å². The van der Waals surface area contributed by atoms with Crippen molar-refractivity contribution in [1.82, 2.24) is 9.78 Å². The highest BCUT2D eigenvalue weighted by Crippen LogP contribution is 2.06. The third kappa shape index (κ3) is 2.08. The molecular weight excluding hydrogens is 168 g/mol. The molecule has 0 fully saturated rings. The number of aromatic carboxylic acids is 1. The van der Waals surface area contributed by atoms with Crippen molar-refractivity contribution in [1.29, 1.82) is 0 Å². The lowest BCUT2D eigenvalue weighted by molar-refractivity contribution is 0.0689. The number of carboxylic acid groups (broad SMARTS) is 1. The molecule has 0 aliphatic carbocycles. The first-order chi connectivity index (χ1) is 6.19. The largest absolute Gasteiger partial charge is 0.476 e. The number of aromatic nitrogens is 2. The Morgan fingerprint density at radius 1 is 1.62 bits per heavy atom. The van der Waals surface area contributed by atoms with Crippen molar-refractivity contribution in [2.45, 2.75) is 33.2 Å². The minimum atomic E-state index is -0.954. The second-order valence-corrected chi connectivity index (χ2v) is 2.90. The van der Waals surface area contributed by atoms with Gasteiger partial charge in [-0.05, 0) is 18.9 Å². The van der Waals surface area contributed by atoms with Gasteiger partial charge in [-0.25, -0.2) is 4.79 Å². The minimum Gasteiger partial charge on any atom is -0.476 e. The minimum absolute atomic E-state index is 0.144. The van der Waals surface area contributed by atoms with E-state index >= 15 is 0 Å². The van der Waals surface area contributed by atoms with Gasteiger partial charge >= 0.3 is 5.97 Å². The summed E-state index contributed by atoms with van der Waals surface area (Å²) in [6, 6.07) is 1.64. The van der Waals surface area contributed by atoms with E-state index in [0.29, 0.717) is 0 Å². The zero-order chi connectivity index (χ0) is 9.84. The van der Waals surface area contributed by atoms with Crippen LogP contribution in [0.1, 0.15) is 36.5 Å². The van der Waals surface area contributed by atoms with E-state index < -0.39 is 5.97 Å². The molecule has 0 saturated carbocycles. The molecule has 13 heavy (non-hydrogen) atoms. The van der Waals surface area contributed by atoms with Crippen LogP contribution in [0.5, 0.6) is 0 Å². The molecule has 1 rings (SSSR count). The first-order valence-corrected chi connectivity index (χ1v) is 4.49. The van der Waals surface area contributed by atoms with Crippen LogP contribution in [0, 0.1) is 0 Å². The van der Waals surface area contributed by atoms with E-state index in [9.17, 15) is 4.79 Å². The van der Waals surface area contributed by atoms with Gasteiger partial charge in [0.1, 0.15) is 0 Å². The van der Waals surface area contributed by atoms with Crippen molar-refractivity contribution >= 4 is 5.97 Å². The first-order valence-electron chi connectivity index (χ1n) is 4.49. The summed E-state index contributed by atoms with van der Waals surface area (Å²) in [4.78, 5) is 10.6. The molecule has 1 aromatic rings. The van der Waals surface area contributed by atoms with Gasteiger partial charge in [-0.1, -0.05) is 13.8 Å². The topological polar surface area (TPSA) is 55.1 Å². The molecule has 0 spiro atoms. The Kier molecular flexibility index (Phi) is 3.06. The van der Waals surface area contributed by atoms with Crippen molar-refractivity contribution in [2.24, 2.45) is 0 Å². The van der Waals surface area contributed by atoms with Gasteiger partial charge in [0.15, 0.2) is 5.69 Å². The molecule has 1 aromatic heterocycles. The molecule has 0 aliphatic heterocycles. The second kappa shape index (κ2) is 4.07. The lowest BCUT2D eigenvalue weighted by Gasteiger charge is -2.01. The van der Waals surface area contributed by atoms with Crippen LogP contribution in [0.3, 0.4) is 0 Å². The molecule has 0 amide bonds. The molecule has 4 nitrogen and oxygen atoms in total. The first kappa shape index (κ1) is 9.77. The Balaban J connectivity index is 2.96. The maximum atomic E-state index is 10.6. The number of hydrogen-bond donors (Lipinski definition) is 1. The number of carboxylic acids is 1. The summed E-state index contributed by atoms with van der Waals surface area (Å²) in [5.41, 5.74) is 1.13. The van der Waals surface area contributed by atoms with Crippen molar-refractivity contribution < 1.29 is 9.90 Å². The molecule has 4 heteroatoms. The predicted molar refractivity (Wildman–Crippen MR) is 48.9 cm³/mol. The van der Waals surface area contributed by atoms with Gasteiger partial charge in [-0.15, -0.1) is 0 Å². The molecule has 0 saturated heterocycles. The maximum absolute atomic E-state index is 10.6. The van der Waals surface area contributed by atoms with Gasteiger partial charge in [-0.2, -0.15) is 5.10 Å². The van der Waals surface area contributed by atoms with Crippen molar-refractivity contribution in [3.05, 3.63) is 17.5 Å². The van der Waals surface area contributed by atoms with E-state index in [1.54, 1.807) is 10.7 Å². The van der Waals surface area contributed by atoms with Gasteiger partial charge < -0.3 is 5.11 Å². The SMILES string of the molecule is CCCn1nc(C(=O)O)cc1CC. The highest BCUT2D eigenvalue weighted by molar-refractivity contribution is 5.85. The van der Waals surface area contributed by atoms with E-state index in [1.807, 2.05) is 13.8 Å². The second-order valence-electron chi connectivity index (χ2n) is 2.90. The van der Waals surface area contributed by atoms with Crippen LogP contribution in [-0.4, -0.2) is 20.9 Å².